The molecule has 6 heteroatoms. The number of Topliss-reactive ketones (excluding diaryl/α,β-unsaturated/α-hetero) is 1. The molecule has 8 rings (SSSR count). The number of carbonyl (C=O) groups is 1. The van der Waals surface area contributed by atoms with E-state index in [1.807, 2.05) is 37.3 Å². The summed E-state index contributed by atoms with van der Waals surface area (Å²) in [5, 5.41) is 12.6. The van der Waals surface area contributed by atoms with Crippen LogP contribution in [-0.4, -0.2) is 34.2 Å². The third kappa shape index (κ3) is 6.45. The second-order valence-corrected chi connectivity index (χ2v) is 13.8. The molecule has 0 spiro atoms. The molecule has 2 aromatic heterocycles. The molecule has 0 saturated carbocycles. The zero-order valence-corrected chi connectivity index (χ0v) is 29.8. The Balaban J connectivity index is 0.000000157. The van der Waals surface area contributed by atoms with Crippen LogP contribution in [0.15, 0.2) is 84.9 Å². The number of aromatic nitrogens is 2. The van der Waals surface area contributed by atoms with E-state index in [9.17, 15) is 9.90 Å². The first-order valence-corrected chi connectivity index (χ1v) is 18.1. The standard InChI is InChI=1S/C22H25NO2.C22H23NO2/c2*1-15(24)20-13-19-21(25-2)12-17-10-6-7-11-18(17)22(19)23(20)14-16-8-4-3-5-9-16/h3-5,8-9,12-13,15,24H,6-7,10-11,14H2,1-2H3;3-5,8-9,12-13H,6-7,10-11,14H2,1-2H3. The van der Waals surface area contributed by atoms with Crippen LogP contribution in [0.3, 0.4) is 0 Å². The van der Waals surface area contributed by atoms with Crippen LogP contribution in [0.2, 0.25) is 0 Å². The average molecular weight is 669 g/mol. The summed E-state index contributed by atoms with van der Waals surface area (Å²) in [7, 11) is 3.45. The van der Waals surface area contributed by atoms with Gasteiger partial charge in [0.1, 0.15) is 11.5 Å². The number of fused-ring (bicyclic) bond motifs is 6. The monoisotopic (exact) mass is 668 g/mol. The lowest BCUT2D eigenvalue weighted by Gasteiger charge is -2.21. The number of carbonyl (C=O) groups excluding carboxylic acids is 1. The van der Waals surface area contributed by atoms with Gasteiger partial charge in [0.25, 0.3) is 0 Å². The van der Waals surface area contributed by atoms with Crippen molar-refractivity contribution in [3.05, 3.63) is 130 Å². The van der Waals surface area contributed by atoms with Crippen molar-refractivity contribution < 1.29 is 19.4 Å². The van der Waals surface area contributed by atoms with Crippen molar-refractivity contribution in [3.8, 4) is 11.5 Å². The van der Waals surface area contributed by atoms with Crippen molar-refractivity contribution >= 4 is 27.6 Å². The van der Waals surface area contributed by atoms with Crippen LogP contribution in [0.5, 0.6) is 11.5 Å². The maximum Gasteiger partial charge on any atom is 0.176 e. The first-order chi connectivity index (χ1) is 24.4. The SMILES string of the molecule is COc1cc2c(c3c1cc(C(C)=O)n3Cc1ccccc1)CCCC2.COc1cc2c(c3c1cc(C(C)O)n3Cc1ccccc1)CCCC2. The maximum atomic E-state index is 12.3. The topological polar surface area (TPSA) is 65.6 Å². The largest absolute Gasteiger partial charge is 0.496 e. The molecular formula is C44H48N2O4. The summed E-state index contributed by atoms with van der Waals surface area (Å²) >= 11 is 0. The number of aliphatic hydroxyl groups excluding tert-OH is 1. The van der Waals surface area contributed by atoms with Gasteiger partial charge in [0.15, 0.2) is 5.78 Å². The number of ketones is 1. The Hall–Kier alpha value is -4.81. The molecule has 6 aromatic rings. The van der Waals surface area contributed by atoms with E-state index in [1.54, 1.807) is 21.1 Å². The molecule has 0 fully saturated rings. The van der Waals surface area contributed by atoms with Gasteiger partial charge in [-0.2, -0.15) is 0 Å². The van der Waals surface area contributed by atoms with E-state index in [2.05, 4.69) is 63.7 Å². The first-order valence-electron chi connectivity index (χ1n) is 18.1. The van der Waals surface area contributed by atoms with Crippen molar-refractivity contribution in [1.82, 2.24) is 9.13 Å². The van der Waals surface area contributed by atoms with E-state index >= 15 is 0 Å². The van der Waals surface area contributed by atoms with Crippen LogP contribution in [0.1, 0.15) is 95.2 Å². The number of methoxy groups -OCH3 is 2. The Labute approximate surface area is 295 Å². The predicted molar refractivity (Wildman–Crippen MR) is 202 cm³/mol. The van der Waals surface area contributed by atoms with Gasteiger partial charge >= 0.3 is 0 Å². The van der Waals surface area contributed by atoms with E-state index in [0.29, 0.717) is 6.54 Å². The van der Waals surface area contributed by atoms with E-state index in [4.69, 9.17) is 9.47 Å². The summed E-state index contributed by atoms with van der Waals surface area (Å²) in [6.07, 6.45) is 8.77. The molecule has 2 heterocycles. The van der Waals surface area contributed by atoms with E-state index in [1.165, 1.54) is 70.1 Å². The molecule has 6 nitrogen and oxygen atoms in total. The molecule has 1 unspecified atom stereocenters. The molecule has 0 aliphatic heterocycles. The number of aliphatic hydroxyl groups is 1. The number of benzene rings is 4. The zero-order chi connectivity index (χ0) is 34.8. The Morgan fingerprint density at radius 1 is 0.680 bits per heavy atom. The highest BCUT2D eigenvalue weighted by atomic mass is 16.5. The van der Waals surface area contributed by atoms with Crippen molar-refractivity contribution in [2.45, 2.75) is 84.4 Å². The van der Waals surface area contributed by atoms with E-state index in [-0.39, 0.29) is 5.78 Å². The normalized spacial score (nSPS) is 14.4. The van der Waals surface area contributed by atoms with Gasteiger partial charge in [-0.25, -0.2) is 0 Å². The van der Waals surface area contributed by atoms with Crippen LogP contribution in [0.25, 0.3) is 21.8 Å². The number of hydrogen-bond donors (Lipinski definition) is 1. The Morgan fingerprint density at radius 2 is 1.14 bits per heavy atom. The third-order valence-corrected chi connectivity index (χ3v) is 10.6. The minimum absolute atomic E-state index is 0.0961. The zero-order valence-electron chi connectivity index (χ0n) is 29.8. The predicted octanol–water partition coefficient (Wildman–Crippen LogP) is 9.41. The molecule has 0 radical (unpaired) electrons. The molecule has 2 aliphatic carbocycles. The Morgan fingerprint density at radius 3 is 1.62 bits per heavy atom. The van der Waals surface area contributed by atoms with Gasteiger partial charge in [-0.1, -0.05) is 60.7 Å². The summed E-state index contributed by atoms with van der Waals surface area (Å²) in [4.78, 5) is 12.3. The average Bonchev–Trinajstić information content (AvgIpc) is 3.72. The fourth-order valence-corrected chi connectivity index (χ4v) is 8.18. The van der Waals surface area contributed by atoms with Crippen LogP contribution in [0.4, 0.5) is 0 Å². The maximum absolute atomic E-state index is 12.3. The fourth-order valence-electron chi connectivity index (χ4n) is 8.18. The second-order valence-electron chi connectivity index (χ2n) is 13.8. The van der Waals surface area contributed by atoms with Crippen LogP contribution in [0, 0.1) is 0 Å². The summed E-state index contributed by atoms with van der Waals surface area (Å²) < 4.78 is 15.9. The van der Waals surface area contributed by atoms with Gasteiger partial charge in [-0.3, -0.25) is 4.79 Å². The number of nitrogens with zero attached hydrogens (tertiary/aromatic N) is 2. The molecule has 4 aromatic carbocycles. The van der Waals surface area contributed by atoms with Crippen molar-refractivity contribution in [2.75, 3.05) is 14.2 Å². The van der Waals surface area contributed by atoms with Gasteiger partial charge in [0.05, 0.1) is 37.1 Å². The highest BCUT2D eigenvalue weighted by Crippen LogP contribution is 2.40. The summed E-state index contributed by atoms with van der Waals surface area (Å²) in [6, 6.07) is 29.3. The quantitative estimate of drug-likeness (QED) is 0.164. The van der Waals surface area contributed by atoms with Gasteiger partial charge in [-0.15, -0.1) is 0 Å². The van der Waals surface area contributed by atoms with Crippen LogP contribution in [-0.2, 0) is 38.8 Å². The molecule has 1 N–H and O–H groups in total. The second kappa shape index (κ2) is 14.6. The number of hydrogen-bond acceptors (Lipinski definition) is 4. The molecule has 2 aliphatic rings. The first kappa shape index (κ1) is 33.7. The summed E-state index contributed by atoms with van der Waals surface area (Å²) in [5.41, 5.74) is 12.2. The Kier molecular flexibility index (Phi) is 9.82. The Bertz CT molecular complexity index is 2140. The smallest absolute Gasteiger partial charge is 0.176 e. The molecule has 1 atom stereocenters. The summed E-state index contributed by atoms with van der Waals surface area (Å²) in [6.45, 7) is 4.96. The lowest BCUT2D eigenvalue weighted by atomic mass is 9.89. The molecule has 258 valence electrons. The molecule has 50 heavy (non-hydrogen) atoms. The minimum Gasteiger partial charge on any atom is -0.496 e. The van der Waals surface area contributed by atoms with E-state index < -0.39 is 6.10 Å². The van der Waals surface area contributed by atoms with E-state index in [0.717, 1.165) is 65.9 Å². The van der Waals surface area contributed by atoms with Crippen molar-refractivity contribution in [3.63, 3.8) is 0 Å². The molecular weight excluding hydrogens is 620 g/mol. The lowest BCUT2D eigenvalue weighted by molar-refractivity contribution is 0.101. The summed E-state index contributed by atoms with van der Waals surface area (Å²) in [5.74, 6) is 1.90. The highest BCUT2D eigenvalue weighted by Gasteiger charge is 2.24. The minimum atomic E-state index is -0.514. The lowest BCUT2D eigenvalue weighted by Crippen LogP contribution is -2.11. The van der Waals surface area contributed by atoms with Gasteiger partial charge in [-0.05, 0) is 116 Å². The number of ether oxygens (including phenoxy) is 2. The van der Waals surface area contributed by atoms with Crippen LogP contribution >= 0.6 is 0 Å². The number of aryl methyl sites for hydroxylation is 4. The third-order valence-electron chi connectivity index (χ3n) is 10.6. The van der Waals surface area contributed by atoms with Gasteiger partial charge in [0, 0.05) is 36.5 Å². The van der Waals surface area contributed by atoms with Crippen LogP contribution < -0.4 is 9.47 Å². The highest BCUT2D eigenvalue weighted by molar-refractivity contribution is 6.02. The number of rotatable bonds is 8. The molecule has 0 amide bonds. The molecule has 0 saturated heterocycles. The molecule has 0 bridgehead atoms. The fraction of sp³-hybridized carbons (Fsp3) is 0.341. The van der Waals surface area contributed by atoms with Gasteiger partial charge in [0.2, 0.25) is 0 Å². The van der Waals surface area contributed by atoms with Crippen molar-refractivity contribution in [1.29, 1.82) is 0 Å². The van der Waals surface area contributed by atoms with Crippen molar-refractivity contribution in [2.24, 2.45) is 0 Å². The van der Waals surface area contributed by atoms with Gasteiger partial charge < -0.3 is 23.7 Å².